The number of aromatic nitrogens is 2. The van der Waals surface area contributed by atoms with E-state index in [1.54, 1.807) is 35.3 Å². The van der Waals surface area contributed by atoms with Gasteiger partial charge in [0.15, 0.2) is 0 Å². The molecule has 7 heteroatoms. The van der Waals surface area contributed by atoms with Crippen molar-refractivity contribution >= 4 is 24.0 Å². The van der Waals surface area contributed by atoms with Crippen molar-refractivity contribution in [3.8, 4) is 6.07 Å². The van der Waals surface area contributed by atoms with Gasteiger partial charge in [-0.1, -0.05) is 36.4 Å². The smallest absolute Gasteiger partial charge is 0.203 e. The number of nitrogens with one attached hydrogen (secondary N) is 1. The Balaban J connectivity index is 2.29. The lowest BCUT2D eigenvalue weighted by Crippen LogP contribution is -2.21. The lowest BCUT2D eigenvalue weighted by molar-refractivity contribution is 0.514. The monoisotopic (exact) mass is 419 g/mol. The molecule has 1 heterocycles. The van der Waals surface area contributed by atoms with E-state index in [1.165, 1.54) is 18.3 Å². The lowest BCUT2D eigenvalue weighted by Gasteiger charge is -2.19. The van der Waals surface area contributed by atoms with Crippen LogP contribution >= 0.6 is 11.6 Å². The zero-order valence-electron chi connectivity index (χ0n) is 16.6. The van der Waals surface area contributed by atoms with Crippen molar-refractivity contribution in [3.63, 3.8) is 0 Å². The number of allylic oxidation sites excluding steroid dienone is 10. The van der Waals surface area contributed by atoms with E-state index in [4.69, 9.17) is 17.0 Å². The highest BCUT2D eigenvalue weighted by Crippen LogP contribution is 2.28. The summed E-state index contributed by atoms with van der Waals surface area (Å²) in [6.45, 7) is 5.66. The van der Waals surface area contributed by atoms with Crippen LogP contribution in [0.2, 0.25) is 0 Å². The molecule has 0 saturated carbocycles. The SMILES string of the molecule is C=CC(/C=N\C=C/C=N)=C\C(=C/C)Cc1nn(C2C=C(C#N)C=C(Cl)C2)ccc1=O. The van der Waals surface area contributed by atoms with Gasteiger partial charge in [0.05, 0.1) is 17.7 Å². The average Bonchev–Trinajstić information content (AvgIpc) is 2.75. The number of halogens is 1. The highest BCUT2D eigenvalue weighted by Gasteiger charge is 2.17. The molecule has 1 N–H and O–H groups in total. The summed E-state index contributed by atoms with van der Waals surface area (Å²) in [6, 6.07) is 3.35. The second-order valence-corrected chi connectivity index (χ2v) is 6.86. The first-order valence-electron chi connectivity index (χ1n) is 9.25. The zero-order valence-corrected chi connectivity index (χ0v) is 17.4. The van der Waals surface area contributed by atoms with Crippen LogP contribution in [0.25, 0.3) is 0 Å². The topological polar surface area (TPSA) is 94.9 Å². The van der Waals surface area contributed by atoms with Crippen molar-refractivity contribution < 1.29 is 0 Å². The first-order chi connectivity index (χ1) is 14.5. The van der Waals surface area contributed by atoms with Crippen LogP contribution in [-0.4, -0.2) is 22.2 Å². The molecule has 0 amide bonds. The van der Waals surface area contributed by atoms with Crippen LogP contribution in [0.4, 0.5) is 0 Å². The number of nitriles is 1. The number of rotatable bonds is 8. The Bertz CT molecular complexity index is 1090. The average molecular weight is 420 g/mol. The summed E-state index contributed by atoms with van der Waals surface area (Å²) in [5.74, 6) is 0. The number of nitrogens with zero attached hydrogens (tertiary/aromatic N) is 4. The Morgan fingerprint density at radius 3 is 3.03 bits per heavy atom. The molecule has 0 saturated heterocycles. The van der Waals surface area contributed by atoms with Crippen LogP contribution in [0.1, 0.15) is 25.1 Å². The minimum Gasteiger partial charge on any atom is -0.309 e. The molecular weight excluding hydrogens is 398 g/mol. The summed E-state index contributed by atoms with van der Waals surface area (Å²) in [7, 11) is 0. The molecule has 0 aromatic carbocycles. The van der Waals surface area contributed by atoms with E-state index in [9.17, 15) is 10.1 Å². The molecule has 1 aliphatic carbocycles. The van der Waals surface area contributed by atoms with Crippen LogP contribution in [0, 0.1) is 16.7 Å². The van der Waals surface area contributed by atoms with Gasteiger partial charge in [-0.15, -0.1) is 0 Å². The highest BCUT2D eigenvalue weighted by atomic mass is 35.5. The van der Waals surface area contributed by atoms with Crippen molar-refractivity contribution in [3.05, 3.63) is 99.2 Å². The maximum Gasteiger partial charge on any atom is 0.203 e. The van der Waals surface area contributed by atoms with Gasteiger partial charge in [-0.25, -0.2) is 0 Å². The fraction of sp³-hybridized carbons (Fsp3) is 0.174. The van der Waals surface area contributed by atoms with Gasteiger partial charge < -0.3 is 5.41 Å². The number of aliphatic imine (C=N–C) groups is 1. The van der Waals surface area contributed by atoms with Crippen LogP contribution in [0.3, 0.4) is 0 Å². The maximum atomic E-state index is 12.4. The van der Waals surface area contributed by atoms with E-state index in [1.807, 2.05) is 19.1 Å². The Morgan fingerprint density at radius 1 is 1.57 bits per heavy atom. The van der Waals surface area contributed by atoms with E-state index in [0.717, 1.165) is 17.4 Å². The molecule has 1 aromatic heterocycles. The summed E-state index contributed by atoms with van der Waals surface area (Å²) in [4.78, 5) is 16.5. The molecule has 2 rings (SSSR count). The lowest BCUT2D eigenvalue weighted by atomic mass is 10.0. The standard InChI is InChI=1S/C23H22ClN5O/c1-3-17(10-18(4-2)16-27-8-5-7-25)13-22-23(30)6-9-29(28-22)21-12-19(15-26)11-20(24)14-21/h3-12,16,21,25H,2,13-14H2,1H3/b8-5-,17-3+,18-10+,25-7?,27-16-. The van der Waals surface area contributed by atoms with E-state index in [0.29, 0.717) is 29.1 Å². The Hall–Kier alpha value is -3.56. The highest BCUT2D eigenvalue weighted by molar-refractivity contribution is 6.29. The molecule has 0 spiro atoms. The van der Waals surface area contributed by atoms with Crippen LogP contribution in [0.5, 0.6) is 0 Å². The van der Waals surface area contributed by atoms with E-state index < -0.39 is 0 Å². The minimum atomic E-state index is -0.224. The minimum absolute atomic E-state index is 0.163. The van der Waals surface area contributed by atoms with Gasteiger partial charge in [0, 0.05) is 48.8 Å². The fourth-order valence-electron chi connectivity index (χ4n) is 2.77. The normalized spacial score (nSPS) is 17.6. The first-order valence-corrected chi connectivity index (χ1v) is 9.63. The molecule has 1 aromatic rings. The molecule has 1 atom stereocenters. The van der Waals surface area contributed by atoms with Gasteiger partial charge in [-0.05, 0) is 36.3 Å². The Labute approximate surface area is 180 Å². The predicted molar refractivity (Wildman–Crippen MR) is 122 cm³/mol. The number of hydrogen-bond acceptors (Lipinski definition) is 5. The third-order valence-corrected chi connectivity index (χ3v) is 4.54. The maximum absolute atomic E-state index is 12.4. The second-order valence-electron chi connectivity index (χ2n) is 6.38. The molecular formula is C23H22ClN5O. The van der Waals surface area contributed by atoms with Gasteiger partial charge >= 0.3 is 0 Å². The van der Waals surface area contributed by atoms with Gasteiger partial charge in [0.1, 0.15) is 5.69 Å². The molecule has 0 fully saturated rings. The van der Waals surface area contributed by atoms with Crippen molar-refractivity contribution in [1.29, 1.82) is 10.7 Å². The summed E-state index contributed by atoms with van der Waals surface area (Å²) < 4.78 is 1.67. The summed E-state index contributed by atoms with van der Waals surface area (Å²) in [5, 5.41) is 21.2. The third kappa shape index (κ3) is 6.50. The molecule has 1 aliphatic rings. The van der Waals surface area contributed by atoms with Crippen molar-refractivity contribution in [2.75, 3.05) is 0 Å². The summed E-state index contributed by atoms with van der Waals surface area (Å²) in [6.07, 6.45) is 17.1. The molecule has 0 radical (unpaired) electrons. The van der Waals surface area contributed by atoms with Gasteiger partial charge in [-0.2, -0.15) is 10.4 Å². The van der Waals surface area contributed by atoms with Crippen LogP contribution < -0.4 is 5.43 Å². The number of hydrogen-bond donors (Lipinski definition) is 1. The molecule has 6 nitrogen and oxygen atoms in total. The van der Waals surface area contributed by atoms with Crippen LogP contribution in [0.15, 0.2) is 93.0 Å². The molecule has 1 unspecified atom stereocenters. The van der Waals surface area contributed by atoms with E-state index >= 15 is 0 Å². The molecule has 30 heavy (non-hydrogen) atoms. The largest absolute Gasteiger partial charge is 0.309 e. The van der Waals surface area contributed by atoms with Gasteiger partial charge in [0.25, 0.3) is 0 Å². The quantitative estimate of drug-likeness (QED) is 0.492. The Kier molecular flexibility index (Phi) is 8.67. The van der Waals surface area contributed by atoms with Crippen molar-refractivity contribution in [1.82, 2.24) is 9.78 Å². The molecule has 152 valence electrons. The van der Waals surface area contributed by atoms with Crippen LogP contribution in [-0.2, 0) is 6.42 Å². The van der Waals surface area contributed by atoms with Gasteiger partial charge in [-0.3, -0.25) is 14.5 Å². The van der Waals surface area contributed by atoms with E-state index in [-0.39, 0.29) is 11.5 Å². The first kappa shape index (κ1) is 22.7. The summed E-state index contributed by atoms with van der Waals surface area (Å²) in [5.41, 5.74) is 2.35. The zero-order chi connectivity index (χ0) is 21.9. The van der Waals surface area contributed by atoms with Crippen molar-refractivity contribution in [2.24, 2.45) is 4.99 Å². The summed E-state index contributed by atoms with van der Waals surface area (Å²) >= 11 is 6.16. The second kappa shape index (κ2) is 11.4. The molecule has 0 aliphatic heterocycles. The third-order valence-electron chi connectivity index (χ3n) is 4.28. The van der Waals surface area contributed by atoms with Gasteiger partial charge in [0.2, 0.25) is 5.43 Å². The predicted octanol–water partition coefficient (Wildman–Crippen LogP) is 4.60. The fourth-order valence-corrected chi connectivity index (χ4v) is 3.04. The van der Waals surface area contributed by atoms with Crippen molar-refractivity contribution in [2.45, 2.75) is 25.8 Å². The Morgan fingerprint density at radius 2 is 2.37 bits per heavy atom. The molecule has 0 bridgehead atoms. The van der Waals surface area contributed by atoms with E-state index in [2.05, 4.69) is 22.7 Å².